The maximum atomic E-state index is 12.0. The fraction of sp³-hybridized carbons (Fsp3) is 0.261. The Bertz CT molecular complexity index is 990. The minimum absolute atomic E-state index is 0.124. The van der Waals surface area contributed by atoms with E-state index in [1.807, 2.05) is 36.4 Å². The molecule has 0 saturated carbocycles. The van der Waals surface area contributed by atoms with Gasteiger partial charge in [-0.15, -0.1) is 0 Å². The highest BCUT2D eigenvalue weighted by molar-refractivity contribution is 5.85. The quantitative estimate of drug-likeness (QED) is 0.516. The molecule has 29 heavy (non-hydrogen) atoms. The zero-order valence-electron chi connectivity index (χ0n) is 16.3. The lowest BCUT2D eigenvalue weighted by atomic mass is 10.1. The first kappa shape index (κ1) is 18.9. The first-order chi connectivity index (χ1) is 14.3. The number of rotatable bonds is 6. The van der Waals surface area contributed by atoms with Crippen LogP contribution >= 0.6 is 0 Å². The zero-order chi connectivity index (χ0) is 19.9. The van der Waals surface area contributed by atoms with Crippen LogP contribution in [-0.2, 0) is 4.79 Å². The highest BCUT2D eigenvalue weighted by atomic mass is 16.5. The third-order valence-electron chi connectivity index (χ3n) is 4.97. The Labute approximate surface area is 170 Å². The Morgan fingerprint density at radius 2 is 1.86 bits per heavy atom. The number of amides is 1. The van der Waals surface area contributed by atoms with Gasteiger partial charge in [0.1, 0.15) is 11.3 Å². The molecule has 148 valence electrons. The van der Waals surface area contributed by atoms with Crippen molar-refractivity contribution in [1.82, 2.24) is 10.4 Å². The number of para-hydroxylation sites is 1. The second-order valence-electron chi connectivity index (χ2n) is 7.05. The standard InChI is InChI=1S/C23H24N4O2/c28-22(17-29-21-8-4-6-19-7-5-13-24-23(19)21)26-25-16-18-9-11-20(12-10-18)27-14-2-1-3-15-27/h4-13,16H,1-3,14-15,17H2,(H,26,28)/b25-16-. The molecule has 0 atom stereocenters. The first-order valence-electron chi connectivity index (χ1n) is 9.93. The number of nitrogens with zero attached hydrogens (tertiary/aromatic N) is 3. The fourth-order valence-electron chi connectivity index (χ4n) is 3.47. The maximum absolute atomic E-state index is 12.0. The van der Waals surface area contributed by atoms with Crippen LogP contribution in [0.3, 0.4) is 0 Å². The van der Waals surface area contributed by atoms with Gasteiger partial charge >= 0.3 is 0 Å². The summed E-state index contributed by atoms with van der Waals surface area (Å²) in [7, 11) is 0. The summed E-state index contributed by atoms with van der Waals surface area (Å²) in [4.78, 5) is 18.7. The molecule has 3 aromatic rings. The van der Waals surface area contributed by atoms with Gasteiger partial charge < -0.3 is 9.64 Å². The van der Waals surface area contributed by atoms with Gasteiger partial charge in [-0.1, -0.05) is 30.3 Å². The van der Waals surface area contributed by atoms with Gasteiger partial charge in [0.05, 0.1) is 6.21 Å². The average Bonchev–Trinajstić information content (AvgIpc) is 2.79. The van der Waals surface area contributed by atoms with Crippen LogP contribution in [0.1, 0.15) is 24.8 Å². The lowest BCUT2D eigenvalue weighted by Crippen LogP contribution is -2.29. The highest BCUT2D eigenvalue weighted by Gasteiger charge is 2.10. The molecule has 4 rings (SSSR count). The van der Waals surface area contributed by atoms with Gasteiger partial charge in [-0.05, 0) is 49.1 Å². The van der Waals surface area contributed by atoms with E-state index >= 15 is 0 Å². The molecule has 0 spiro atoms. The van der Waals surface area contributed by atoms with Crippen molar-refractivity contribution in [1.29, 1.82) is 0 Å². The number of piperidine rings is 1. The largest absolute Gasteiger partial charge is 0.481 e. The number of benzene rings is 2. The summed E-state index contributed by atoms with van der Waals surface area (Å²) < 4.78 is 5.61. The number of ether oxygens (including phenoxy) is 1. The number of carbonyl (C=O) groups excluding carboxylic acids is 1. The summed E-state index contributed by atoms with van der Waals surface area (Å²) in [6, 6.07) is 17.7. The number of fused-ring (bicyclic) bond motifs is 1. The van der Waals surface area contributed by atoms with E-state index in [1.54, 1.807) is 18.5 Å². The van der Waals surface area contributed by atoms with E-state index in [0.29, 0.717) is 5.75 Å². The number of pyridine rings is 1. The number of hydrazone groups is 1. The summed E-state index contributed by atoms with van der Waals surface area (Å²) in [5.74, 6) is 0.259. The topological polar surface area (TPSA) is 66.8 Å². The molecule has 1 aliphatic rings. The number of anilines is 1. The number of hydrogen-bond acceptors (Lipinski definition) is 5. The number of nitrogens with one attached hydrogen (secondary N) is 1. The van der Waals surface area contributed by atoms with Gasteiger partial charge in [0.15, 0.2) is 6.61 Å². The van der Waals surface area contributed by atoms with Crippen LogP contribution in [0.2, 0.25) is 0 Å². The van der Waals surface area contributed by atoms with E-state index in [-0.39, 0.29) is 12.5 Å². The molecule has 1 saturated heterocycles. The SMILES string of the molecule is O=C(COc1cccc2cccnc12)N/N=C\c1ccc(N2CCCCC2)cc1. The van der Waals surface area contributed by atoms with Gasteiger partial charge in [0.25, 0.3) is 5.91 Å². The van der Waals surface area contributed by atoms with E-state index in [9.17, 15) is 4.79 Å². The summed E-state index contributed by atoms with van der Waals surface area (Å²) in [6.07, 6.45) is 7.17. The van der Waals surface area contributed by atoms with Crippen LogP contribution in [0, 0.1) is 0 Å². The second kappa shape index (κ2) is 9.19. The fourth-order valence-corrected chi connectivity index (χ4v) is 3.47. The first-order valence-corrected chi connectivity index (χ1v) is 9.93. The van der Waals surface area contributed by atoms with Crippen molar-refractivity contribution in [3.05, 3.63) is 66.4 Å². The molecule has 0 aliphatic carbocycles. The average molecular weight is 388 g/mol. The summed E-state index contributed by atoms with van der Waals surface area (Å²) in [5, 5.41) is 4.99. The smallest absolute Gasteiger partial charge is 0.277 e. The third-order valence-corrected chi connectivity index (χ3v) is 4.97. The van der Waals surface area contributed by atoms with Crippen LogP contribution in [-0.4, -0.2) is 36.8 Å². The number of hydrogen-bond donors (Lipinski definition) is 1. The third kappa shape index (κ3) is 4.90. The van der Waals surface area contributed by atoms with Crippen molar-refractivity contribution in [3.63, 3.8) is 0 Å². The normalized spacial score (nSPS) is 14.3. The molecule has 1 amide bonds. The molecule has 1 N–H and O–H groups in total. The Hall–Kier alpha value is -3.41. The van der Waals surface area contributed by atoms with Crippen LogP contribution in [0.25, 0.3) is 10.9 Å². The molecule has 1 aromatic heterocycles. The van der Waals surface area contributed by atoms with Crippen molar-refractivity contribution in [3.8, 4) is 5.75 Å². The molecule has 1 aliphatic heterocycles. The van der Waals surface area contributed by atoms with Crippen LogP contribution < -0.4 is 15.1 Å². The van der Waals surface area contributed by atoms with Crippen molar-refractivity contribution in [2.75, 3.05) is 24.6 Å². The van der Waals surface area contributed by atoms with Crippen LogP contribution in [0.5, 0.6) is 5.75 Å². The zero-order valence-corrected chi connectivity index (χ0v) is 16.3. The predicted octanol–water partition coefficient (Wildman–Crippen LogP) is 3.75. The Balaban J connectivity index is 1.28. The van der Waals surface area contributed by atoms with Gasteiger partial charge in [-0.3, -0.25) is 9.78 Å². The van der Waals surface area contributed by atoms with Crippen molar-refractivity contribution in [2.24, 2.45) is 5.10 Å². The van der Waals surface area contributed by atoms with E-state index in [4.69, 9.17) is 4.74 Å². The summed E-state index contributed by atoms with van der Waals surface area (Å²) >= 11 is 0. The second-order valence-corrected chi connectivity index (χ2v) is 7.05. The Morgan fingerprint density at radius 3 is 2.69 bits per heavy atom. The lowest BCUT2D eigenvalue weighted by Gasteiger charge is -2.28. The molecule has 2 heterocycles. The van der Waals surface area contributed by atoms with Crippen LogP contribution in [0.4, 0.5) is 5.69 Å². The minimum atomic E-state index is -0.320. The highest BCUT2D eigenvalue weighted by Crippen LogP contribution is 2.23. The van der Waals surface area contributed by atoms with E-state index < -0.39 is 0 Å². The van der Waals surface area contributed by atoms with Gasteiger partial charge in [-0.2, -0.15) is 5.10 Å². The predicted molar refractivity (Wildman–Crippen MR) is 115 cm³/mol. The minimum Gasteiger partial charge on any atom is -0.481 e. The molecular formula is C23H24N4O2. The monoisotopic (exact) mass is 388 g/mol. The molecule has 6 nitrogen and oxygen atoms in total. The molecule has 2 aromatic carbocycles. The Morgan fingerprint density at radius 1 is 1.07 bits per heavy atom. The van der Waals surface area contributed by atoms with Crippen molar-refractivity contribution < 1.29 is 9.53 Å². The van der Waals surface area contributed by atoms with E-state index in [0.717, 1.165) is 29.6 Å². The molecule has 0 bridgehead atoms. The molecule has 1 fully saturated rings. The molecule has 6 heteroatoms. The lowest BCUT2D eigenvalue weighted by molar-refractivity contribution is -0.123. The number of carbonyl (C=O) groups is 1. The van der Waals surface area contributed by atoms with Gasteiger partial charge in [0.2, 0.25) is 0 Å². The molecular weight excluding hydrogens is 364 g/mol. The van der Waals surface area contributed by atoms with Crippen molar-refractivity contribution in [2.45, 2.75) is 19.3 Å². The summed E-state index contributed by atoms with van der Waals surface area (Å²) in [5.41, 5.74) is 5.41. The Kier molecular flexibility index (Phi) is 6.00. The van der Waals surface area contributed by atoms with E-state index in [2.05, 4.69) is 32.5 Å². The van der Waals surface area contributed by atoms with Crippen molar-refractivity contribution >= 4 is 28.7 Å². The van der Waals surface area contributed by atoms with Gasteiger partial charge in [0, 0.05) is 30.4 Å². The van der Waals surface area contributed by atoms with Gasteiger partial charge in [-0.25, -0.2) is 5.43 Å². The maximum Gasteiger partial charge on any atom is 0.277 e. The number of aromatic nitrogens is 1. The van der Waals surface area contributed by atoms with E-state index in [1.165, 1.54) is 24.9 Å². The summed E-state index contributed by atoms with van der Waals surface area (Å²) in [6.45, 7) is 2.12. The molecule has 0 unspecified atom stereocenters. The van der Waals surface area contributed by atoms with Crippen LogP contribution in [0.15, 0.2) is 65.9 Å². The molecule has 0 radical (unpaired) electrons.